The lowest BCUT2D eigenvalue weighted by Crippen LogP contribution is -2.55. The van der Waals surface area contributed by atoms with E-state index < -0.39 is 35.6 Å². The molecule has 2 N–H and O–H groups in total. The molecule has 0 aliphatic rings. The van der Waals surface area contributed by atoms with Crippen LogP contribution in [0.5, 0.6) is 0 Å². The molecule has 7 nitrogen and oxygen atoms in total. The van der Waals surface area contributed by atoms with Gasteiger partial charge in [-0.05, 0) is 83.7 Å². The van der Waals surface area contributed by atoms with Crippen LogP contribution in [0.3, 0.4) is 0 Å². The van der Waals surface area contributed by atoms with Crippen LogP contribution in [0.4, 0.5) is 10.5 Å². The van der Waals surface area contributed by atoms with E-state index in [2.05, 4.69) is 23.3 Å². The van der Waals surface area contributed by atoms with E-state index in [1.54, 1.807) is 32.9 Å². The zero-order valence-electron chi connectivity index (χ0n) is 22.8. The molecule has 2 atom stereocenters. The van der Waals surface area contributed by atoms with Crippen molar-refractivity contribution in [3.63, 3.8) is 0 Å². The van der Waals surface area contributed by atoms with Gasteiger partial charge < -0.3 is 20.3 Å². The molecule has 0 aliphatic heterocycles. The van der Waals surface area contributed by atoms with Gasteiger partial charge in [-0.3, -0.25) is 9.59 Å². The van der Waals surface area contributed by atoms with Crippen LogP contribution in [-0.2, 0) is 14.3 Å². The maximum Gasteiger partial charge on any atom is 0.408 e. The predicted molar refractivity (Wildman–Crippen MR) is 152 cm³/mol. The number of carbonyl (C=O) groups excluding carboxylic acids is 3. The van der Waals surface area contributed by atoms with E-state index in [0.717, 1.165) is 16.7 Å². The van der Waals surface area contributed by atoms with Gasteiger partial charge in [-0.25, -0.2) is 4.79 Å². The monoisotopic (exact) mass is 547 g/mol. The van der Waals surface area contributed by atoms with E-state index in [0.29, 0.717) is 16.3 Å². The Labute approximate surface area is 230 Å². The number of ether oxygens (including phenoxy) is 1. The van der Waals surface area contributed by atoms with Crippen LogP contribution in [0.25, 0.3) is 0 Å². The Balaban J connectivity index is 2.54. The third kappa shape index (κ3) is 8.14. The molecule has 9 heteroatoms. The van der Waals surface area contributed by atoms with Gasteiger partial charge >= 0.3 is 6.09 Å². The lowest BCUT2D eigenvalue weighted by atomic mass is 9.97. The maximum absolute atomic E-state index is 13.9. The summed E-state index contributed by atoms with van der Waals surface area (Å²) in [6.45, 7) is 14.6. The van der Waals surface area contributed by atoms with Crippen LogP contribution < -0.4 is 10.6 Å². The second-order valence-corrected chi connectivity index (χ2v) is 11.2. The van der Waals surface area contributed by atoms with Crippen molar-refractivity contribution in [1.82, 2.24) is 10.2 Å². The van der Waals surface area contributed by atoms with E-state index in [1.807, 2.05) is 58.9 Å². The summed E-state index contributed by atoms with van der Waals surface area (Å²) in [7, 11) is 0. The fourth-order valence-electron chi connectivity index (χ4n) is 3.85. The molecule has 3 amide bonds. The van der Waals surface area contributed by atoms with Gasteiger partial charge in [-0.1, -0.05) is 41.9 Å². The molecular formula is C28H38ClN3O4S. The molecule has 0 spiro atoms. The molecular weight excluding hydrogens is 510 g/mol. The number of amides is 3. The van der Waals surface area contributed by atoms with E-state index in [9.17, 15) is 14.4 Å². The summed E-state index contributed by atoms with van der Waals surface area (Å²) in [5.41, 5.74) is 3.23. The standard InChI is InChI=1S/C28H38ClN3O4S/c1-16(2)32(26(34)22(15-37)30-27(35)36-28(6,7)8)24(20-13-12-17(3)19(5)14-20)25(33)31-23-18(4)10-9-11-21(23)29/h9-14,16,22,24,37H,15H2,1-8H3,(H,30,35)(H,31,33). The number of nitrogens with one attached hydrogen (secondary N) is 2. The van der Waals surface area contributed by atoms with Crippen LogP contribution in [0.1, 0.15) is 62.9 Å². The first kappa shape index (κ1) is 30.5. The number of carbonyl (C=O) groups is 3. The topological polar surface area (TPSA) is 87.7 Å². The van der Waals surface area contributed by atoms with Crippen LogP contribution in [0.2, 0.25) is 5.02 Å². The van der Waals surface area contributed by atoms with E-state index >= 15 is 0 Å². The molecule has 0 heterocycles. The normalized spacial score (nSPS) is 13.1. The fraction of sp³-hybridized carbons (Fsp3) is 0.464. The van der Waals surface area contributed by atoms with Gasteiger partial charge in [0.2, 0.25) is 5.91 Å². The first-order valence-corrected chi connectivity index (χ1v) is 13.2. The summed E-state index contributed by atoms with van der Waals surface area (Å²) in [5, 5.41) is 5.94. The minimum atomic E-state index is -1.01. The van der Waals surface area contributed by atoms with Crippen molar-refractivity contribution < 1.29 is 19.1 Å². The predicted octanol–water partition coefficient (Wildman–Crippen LogP) is 6.01. The summed E-state index contributed by atoms with van der Waals surface area (Å²) < 4.78 is 5.34. The number of para-hydroxylation sites is 1. The number of nitrogens with zero attached hydrogens (tertiary/aromatic N) is 1. The highest BCUT2D eigenvalue weighted by atomic mass is 35.5. The Bertz CT molecular complexity index is 1130. The van der Waals surface area contributed by atoms with Crippen molar-refractivity contribution in [2.45, 2.75) is 79.1 Å². The highest BCUT2D eigenvalue weighted by molar-refractivity contribution is 7.80. The lowest BCUT2D eigenvalue weighted by Gasteiger charge is -2.37. The van der Waals surface area contributed by atoms with Gasteiger partial charge in [0.15, 0.2) is 0 Å². The van der Waals surface area contributed by atoms with Crippen LogP contribution in [0, 0.1) is 20.8 Å². The number of hydrogen-bond acceptors (Lipinski definition) is 5. The molecule has 0 fully saturated rings. The largest absolute Gasteiger partial charge is 0.444 e. The number of aryl methyl sites for hydroxylation is 3. The molecule has 2 aromatic carbocycles. The van der Waals surface area contributed by atoms with Crippen molar-refractivity contribution in [1.29, 1.82) is 0 Å². The number of benzene rings is 2. The lowest BCUT2D eigenvalue weighted by molar-refractivity contribution is -0.142. The quantitative estimate of drug-likeness (QED) is 0.353. The summed E-state index contributed by atoms with van der Waals surface area (Å²) >= 11 is 10.7. The molecule has 0 aromatic heterocycles. The summed E-state index contributed by atoms with van der Waals surface area (Å²) in [4.78, 5) is 41.7. The number of alkyl carbamates (subject to hydrolysis) is 1. The fourth-order valence-corrected chi connectivity index (χ4v) is 4.37. The van der Waals surface area contributed by atoms with E-state index in [4.69, 9.17) is 16.3 Å². The molecule has 2 rings (SSSR count). The molecule has 0 saturated carbocycles. The van der Waals surface area contributed by atoms with Crippen molar-refractivity contribution in [2.24, 2.45) is 0 Å². The third-order valence-corrected chi connectivity index (χ3v) is 6.51. The highest BCUT2D eigenvalue weighted by Crippen LogP contribution is 2.31. The van der Waals surface area contributed by atoms with Crippen molar-refractivity contribution in [2.75, 3.05) is 11.1 Å². The van der Waals surface area contributed by atoms with Crippen LogP contribution >= 0.6 is 24.2 Å². The smallest absolute Gasteiger partial charge is 0.408 e. The number of anilines is 1. The molecule has 37 heavy (non-hydrogen) atoms. The Hall–Kier alpha value is -2.71. The Morgan fingerprint density at radius 1 is 1.03 bits per heavy atom. The summed E-state index contributed by atoms with van der Waals surface area (Å²) in [6.07, 6.45) is -0.734. The average Bonchev–Trinajstić information content (AvgIpc) is 2.78. The third-order valence-electron chi connectivity index (χ3n) is 5.83. The van der Waals surface area contributed by atoms with Crippen LogP contribution in [0.15, 0.2) is 36.4 Å². The second-order valence-electron chi connectivity index (χ2n) is 10.4. The molecule has 0 aliphatic carbocycles. The zero-order chi connectivity index (χ0) is 28.1. The zero-order valence-corrected chi connectivity index (χ0v) is 24.5. The van der Waals surface area contributed by atoms with Crippen LogP contribution in [-0.4, -0.2) is 46.2 Å². The van der Waals surface area contributed by atoms with E-state index in [-0.39, 0.29) is 11.8 Å². The van der Waals surface area contributed by atoms with Gasteiger partial charge in [0, 0.05) is 11.8 Å². The second kappa shape index (κ2) is 12.7. The number of hydrogen-bond donors (Lipinski definition) is 3. The summed E-state index contributed by atoms with van der Waals surface area (Å²) in [6, 6.07) is 8.61. The minimum Gasteiger partial charge on any atom is -0.444 e. The number of thiol groups is 1. The van der Waals surface area contributed by atoms with Crippen molar-refractivity contribution in [3.8, 4) is 0 Å². The molecule has 0 saturated heterocycles. The Morgan fingerprint density at radius 2 is 1.68 bits per heavy atom. The molecule has 2 unspecified atom stereocenters. The van der Waals surface area contributed by atoms with Gasteiger partial charge in [-0.15, -0.1) is 0 Å². The van der Waals surface area contributed by atoms with Crippen molar-refractivity contribution in [3.05, 3.63) is 63.7 Å². The van der Waals surface area contributed by atoms with Gasteiger partial charge in [-0.2, -0.15) is 12.6 Å². The first-order chi connectivity index (χ1) is 17.2. The highest BCUT2D eigenvalue weighted by Gasteiger charge is 2.38. The Kier molecular flexibility index (Phi) is 10.5. The SMILES string of the molecule is Cc1ccc(C(C(=O)Nc2c(C)cccc2Cl)N(C(=O)C(CS)NC(=O)OC(C)(C)C)C(C)C)cc1C. The maximum atomic E-state index is 13.9. The first-order valence-electron chi connectivity index (χ1n) is 12.2. The number of halogens is 1. The Morgan fingerprint density at radius 3 is 2.19 bits per heavy atom. The van der Waals surface area contributed by atoms with Gasteiger partial charge in [0.1, 0.15) is 17.7 Å². The number of rotatable bonds is 8. The average molecular weight is 548 g/mol. The molecule has 2 aromatic rings. The summed E-state index contributed by atoms with van der Waals surface area (Å²) in [5.74, 6) is -0.853. The van der Waals surface area contributed by atoms with E-state index in [1.165, 1.54) is 4.90 Å². The van der Waals surface area contributed by atoms with Gasteiger partial charge in [0.05, 0.1) is 10.7 Å². The van der Waals surface area contributed by atoms with Crippen molar-refractivity contribution >= 4 is 47.8 Å². The minimum absolute atomic E-state index is 0.0200. The molecule has 0 radical (unpaired) electrons. The molecule has 202 valence electrons. The molecule has 0 bridgehead atoms. The van der Waals surface area contributed by atoms with Gasteiger partial charge in [0.25, 0.3) is 5.91 Å².